The lowest BCUT2D eigenvalue weighted by Gasteiger charge is -2.12. The maximum Gasteiger partial charge on any atom is 0.344 e. The van der Waals surface area contributed by atoms with Crippen LogP contribution in [0.2, 0.25) is 0 Å². The Kier molecular flexibility index (Phi) is 15.4. The zero-order valence-electron chi connectivity index (χ0n) is 44.6. The largest absolute Gasteiger partial charge is 0.497 e. The van der Waals surface area contributed by atoms with Gasteiger partial charge in [-0.3, -0.25) is 14.4 Å². The van der Waals surface area contributed by atoms with Crippen LogP contribution in [0.3, 0.4) is 0 Å². The number of fused-ring (bicyclic) bond motifs is 9. The molecule has 6 aromatic heterocycles. The second-order valence-corrected chi connectivity index (χ2v) is 17.8. The van der Waals surface area contributed by atoms with Crippen LogP contribution < -0.4 is 30.9 Å². The number of hydrogen-bond acceptors (Lipinski definition) is 15. The second kappa shape index (κ2) is 23.1. The highest BCUT2D eigenvalue weighted by Crippen LogP contribution is 2.41. The average molecular weight is 1090 g/mol. The van der Waals surface area contributed by atoms with Crippen LogP contribution in [-0.4, -0.2) is 74.0 Å². The van der Waals surface area contributed by atoms with E-state index in [1.165, 1.54) is 7.11 Å². The molecule has 0 radical (unpaired) electrons. The summed E-state index contributed by atoms with van der Waals surface area (Å²) < 4.78 is 49.4. The van der Waals surface area contributed by atoms with Crippen molar-refractivity contribution in [2.75, 3.05) is 41.2 Å². The molecule has 408 valence electrons. The van der Waals surface area contributed by atoms with Crippen LogP contribution in [0.4, 0.5) is 0 Å². The lowest BCUT2D eigenvalue weighted by Crippen LogP contribution is -2.21. The number of para-hydroxylation sites is 4. The van der Waals surface area contributed by atoms with Crippen LogP contribution in [0.5, 0.6) is 17.2 Å². The topological polar surface area (TPSA) is 245 Å². The molecular weight excluding hydrogens is 1040 g/mol. The summed E-state index contributed by atoms with van der Waals surface area (Å²) in [5.74, 6) is -0.294. The summed E-state index contributed by atoms with van der Waals surface area (Å²) in [6.45, 7) is 5.55. The predicted octanol–water partition coefficient (Wildman–Crippen LogP) is 12.4. The van der Waals surface area contributed by atoms with Crippen molar-refractivity contribution in [3.05, 3.63) is 193 Å². The second-order valence-electron chi connectivity index (χ2n) is 17.8. The summed E-state index contributed by atoms with van der Waals surface area (Å²) >= 11 is 0. The third-order valence-electron chi connectivity index (χ3n) is 13.2. The SMILES string of the molecule is CCOC(=O)c1c(-c2ccc(OC)cc2)c2oc3ccccc3c2[nH]c1=O.CCOC(=O)c1c(-c2cccc(OC)c2)c2oc3ccccc3c2[nH]c1=O.CCOC(=O)c1c(-c2ccccc2OC)c2oc3ccccc3c2[nH]c1=O. The van der Waals surface area contributed by atoms with E-state index >= 15 is 0 Å². The van der Waals surface area contributed by atoms with Crippen molar-refractivity contribution in [1.29, 1.82) is 0 Å². The number of methoxy groups -OCH3 is 3. The van der Waals surface area contributed by atoms with E-state index in [-0.39, 0.29) is 36.5 Å². The molecule has 0 fully saturated rings. The molecule has 0 aliphatic rings. The van der Waals surface area contributed by atoms with E-state index in [0.29, 0.717) is 101 Å². The number of hydrogen-bond donors (Lipinski definition) is 3. The van der Waals surface area contributed by atoms with E-state index in [0.717, 1.165) is 16.2 Å². The number of benzene rings is 6. The van der Waals surface area contributed by atoms with Crippen molar-refractivity contribution in [3.8, 4) is 50.6 Å². The Morgan fingerprint density at radius 1 is 0.407 bits per heavy atom. The third kappa shape index (κ3) is 10.1. The Balaban J connectivity index is 0.000000136. The number of pyridine rings is 3. The molecular formula is C63H51N3O15. The number of carbonyl (C=O) groups excluding carboxylic acids is 3. The van der Waals surface area contributed by atoms with E-state index in [1.54, 1.807) is 95.7 Å². The first-order valence-electron chi connectivity index (χ1n) is 25.6. The lowest BCUT2D eigenvalue weighted by atomic mass is 9.98. The van der Waals surface area contributed by atoms with Crippen LogP contribution in [-0.2, 0) is 14.2 Å². The first kappa shape index (κ1) is 53.8. The summed E-state index contributed by atoms with van der Waals surface area (Å²) in [6, 6.07) is 43.5. The molecule has 0 bridgehead atoms. The third-order valence-corrected chi connectivity index (χ3v) is 13.2. The molecule has 3 N–H and O–H groups in total. The molecule has 0 atom stereocenters. The van der Waals surface area contributed by atoms with Gasteiger partial charge in [-0.2, -0.15) is 0 Å². The van der Waals surface area contributed by atoms with Crippen molar-refractivity contribution < 1.29 is 56.1 Å². The van der Waals surface area contributed by atoms with Gasteiger partial charge in [0.2, 0.25) is 0 Å². The van der Waals surface area contributed by atoms with Crippen molar-refractivity contribution >= 4 is 84.1 Å². The quantitative estimate of drug-likeness (QED) is 0.0761. The first-order chi connectivity index (χ1) is 39.4. The van der Waals surface area contributed by atoms with E-state index in [1.807, 2.05) is 84.9 Å². The van der Waals surface area contributed by atoms with Gasteiger partial charge in [0.15, 0.2) is 16.7 Å². The van der Waals surface area contributed by atoms with E-state index in [9.17, 15) is 28.8 Å². The van der Waals surface area contributed by atoms with Gasteiger partial charge < -0.3 is 56.6 Å². The van der Waals surface area contributed by atoms with Crippen LogP contribution >= 0.6 is 0 Å². The highest BCUT2D eigenvalue weighted by atomic mass is 16.5. The van der Waals surface area contributed by atoms with Gasteiger partial charge in [-0.15, -0.1) is 0 Å². The van der Waals surface area contributed by atoms with E-state index in [2.05, 4.69) is 15.0 Å². The number of esters is 3. The maximum absolute atomic E-state index is 12.8. The smallest absolute Gasteiger partial charge is 0.344 e. The Hall–Kier alpha value is -10.6. The van der Waals surface area contributed by atoms with Gasteiger partial charge in [-0.1, -0.05) is 78.9 Å². The van der Waals surface area contributed by atoms with Gasteiger partial charge in [0.05, 0.1) is 63.3 Å². The van der Waals surface area contributed by atoms with Gasteiger partial charge in [-0.05, 0) is 98.6 Å². The van der Waals surface area contributed by atoms with Crippen LogP contribution in [0.25, 0.3) is 99.6 Å². The Labute approximate surface area is 459 Å². The zero-order chi connectivity index (χ0) is 56.9. The minimum atomic E-state index is -0.706. The van der Waals surface area contributed by atoms with Crippen molar-refractivity contribution in [2.45, 2.75) is 20.8 Å². The molecule has 0 aliphatic carbocycles. The summed E-state index contributed by atoms with van der Waals surface area (Å²) in [6.07, 6.45) is 0. The van der Waals surface area contributed by atoms with Crippen molar-refractivity contribution in [2.24, 2.45) is 0 Å². The normalized spacial score (nSPS) is 11.0. The number of furan rings is 3. The summed E-state index contributed by atoms with van der Waals surface area (Å²) in [7, 11) is 4.66. The zero-order valence-corrected chi connectivity index (χ0v) is 44.6. The Morgan fingerprint density at radius 3 is 1.23 bits per heavy atom. The average Bonchev–Trinajstić information content (AvgIpc) is 4.36. The molecule has 0 unspecified atom stereocenters. The number of carbonyl (C=O) groups is 3. The fourth-order valence-corrected chi connectivity index (χ4v) is 9.64. The van der Waals surface area contributed by atoms with Gasteiger partial charge in [0.1, 0.15) is 50.7 Å². The summed E-state index contributed by atoms with van der Waals surface area (Å²) in [5, 5.41) is 2.30. The molecule has 12 aromatic rings. The minimum Gasteiger partial charge on any atom is -0.497 e. The molecule has 0 aliphatic heterocycles. The standard InChI is InChI=1S/3C21H17NO5/c1-3-26-21(24)17-16(12-8-4-6-10-14(12)25-2)19-18(22-20(17)23)13-9-5-7-11-15(13)27-19;1-3-26-21(24)17-16(12-7-6-8-13(11-12)25-2)19-18(22-20(17)23)14-9-4-5-10-15(14)27-19;1-3-26-21(24)17-16(12-8-10-13(25-2)11-9-12)19-18(22-20(17)23)14-6-4-5-7-15(14)27-19/h3*4-11H,3H2,1-2H3,(H,22,23). The Bertz CT molecular complexity index is 4560. The molecule has 0 saturated heterocycles. The van der Waals surface area contributed by atoms with Crippen LogP contribution in [0.1, 0.15) is 51.8 Å². The van der Waals surface area contributed by atoms with Crippen LogP contribution in [0.15, 0.2) is 173 Å². The van der Waals surface area contributed by atoms with Gasteiger partial charge >= 0.3 is 17.9 Å². The Morgan fingerprint density at radius 2 is 0.802 bits per heavy atom. The fourth-order valence-electron chi connectivity index (χ4n) is 9.64. The van der Waals surface area contributed by atoms with E-state index < -0.39 is 34.6 Å². The molecule has 0 saturated carbocycles. The number of nitrogens with one attached hydrogen (secondary N) is 3. The molecule has 18 nitrogen and oxygen atoms in total. The van der Waals surface area contributed by atoms with Crippen molar-refractivity contribution in [1.82, 2.24) is 15.0 Å². The predicted molar refractivity (Wildman–Crippen MR) is 307 cm³/mol. The number of aromatic nitrogens is 3. The summed E-state index contributed by atoms with van der Waals surface area (Å²) in [5.41, 5.74) is 5.94. The number of H-pyrrole nitrogens is 3. The number of rotatable bonds is 12. The number of aromatic amines is 3. The van der Waals surface area contributed by atoms with Gasteiger partial charge in [-0.25, -0.2) is 14.4 Å². The fraction of sp³-hybridized carbons (Fsp3) is 0.143. The highest BCUT2D eigenvalue weighted by Gasteiger charge is 2.29. The van der Waals surface area contributed by atoms with Crippen LogP contribution in [0, 0.1) is 0 Å². The summed E-state index contributed by atoms with van der Waals surface area (Å²) in [4.78, 5) is 84.5. The minimum absolute atomic E-state index is 0.0754. The number of ether oxygens (including phenoxy) is 6. The van der Waals surface area contributed by atoms with E-state index in [4.69, 9.17) is 41.7 Å². The lowest BCUT2D eigenvalue weighted by molar-refractivity contribution is 0.0515. The molecule has 81 heavy (non-hydrogen) atoms. The van der Waals surface area contributed by atoms with Crippen molar-refractivity contribution in [3.63, 3.8) is 0 Å². The van der Waals surface area contributed by atoms with Gasteiger partial charge in [0.25, 0.3) is 16.7 Å². The first-order valence-corrected chi connectivity index (χ1v) is 25.6. The molecule has 18 heteroatoms. The molecule has 6 heterocycles. The van der Waals surface area contributed by atoms with Gasteiger partial charge in [0, 0.05) is 32.8 Å². The molecule has 0 spiro atoms. The molecule has 0 amide bonds. The molecule has 6 aromatic carbocycles. The monoisotopic (exact) mass is 1090 g/mol. The molecule has 12 rings (SSSR count). The highest BCUT2D eigenvalue weighted by molar-refractivity contribution is 6.15. The maximum atomic E-state index is 12.8.